The number of nitrogens with two attached hydrogens (primary N) is 1. The second kappa shape index (κ2) is 4.85. The molecule has 3 heteroatoms. The summed E-state index contributed by atoms with van der Waals surface area (Å²) < 4.78 is 0. The monoisotopic (exact) mass is 263 g/mol. The smallest absolute Gasteiger partial charge is 0.0401 e. The quantitative estimate of drug-likeness (QED) is 0.719. The van der Waals surface area contributed by atoms with Crippen LogP contribution in [0.1, 0.15) is 0 Å². The van der Waals surface area contributed by atoms with Gasteiger partial charge in [-0.1, -0.05) is 12.1 Å². The zero-order chi connectivity index (χ0) is 14.1. The fourth-order valence-corrected chi connectivity index (χ4v) is 2.36. The maximum atomic E-state index is 6.14. The molecule has 2 aromatic carbocycles. The Morgan fingerprint density at radius 2 is 1.70 bits per heavy atom. The Morgan fingerprint density at radius 1 is 0.950 bits per heavy atom. The molecule has 0 saturated carbocycles. The normalized spacial score (nSPS) is 10.7. The van der Waals surface area contributed by atoms with Gasteiger partial charge in [0.25, 0.3) is 0 Å². The Balaban J connectivity index is 2.10. The molecule has 0 amide bonds. The molecule has 0 atom stereocenters. The second-order valence-electron chi connectivity index (χ2n) is 5.10. The van der Waals surface area contributed by atoms with Crippen molar-refractivity contribution in [3.05, 3.63) is 54.9 Å². The van der Waals surface area contributed by atoms with Gasteiger partial charge < -0.3 is 10.6 Å². The van der Waals surface area contributed by atoms with E-state index in [1.807, 2.05) is 32.4 Å². The minimum absolute atomic E-state index is 0.789. The van der Waals surface area contributed by atoms with Crippen molar-refractivity contribution in [1.29, 1.82) is 0 Å². The highest BCUT2D eigenvalue weighted by molar-refractivity contribution is 5.96. The van der Waals surface area contributed by atoms with Crippen LogP contribution in [0.15, 0.2) is 54.9 Å². The molecule has 2 N–H and O–H groups in total. The molecule has 0 bridgehead atoms. The van der Waals surface area contributed by atoms with E-state index in [0.29, 0.717) is 0 Å². The van der Waals surface area contributed by atoms with Gasteiger partial charge in [0, 0.05) is 48.6 Å². The zero-order valence-electron chi connectivity index (χ0n) is 11.7. The number of fused-ring (bicyclic) bond motifs is 1. The molecule has 20 heavy (non-hydrogen) atoms. The molecule has 0 aliphatic carbocycles. The third kappa shape index (κ3) is 2.18. The van der Waals surface area contributed by atoms with Crippen molar-refractivity contribution in [1.82, 2.24) is 4.98 Å². The summed E-state index contributed by atoms with van der Waals surface area (Å²) in [4.78, 5) is 6.25. The Hall–Kier alpha value is -2.55. The lowest BCUT2D eigenvalue weighted by atomic mass is 10.0. The summed E-state index contributed by atoms with van der Waals surface area (Å²) in [6.07, 6.45) is 3.62. The molecular weight excluding hydrogens is 246 g/mol. The molecule has 0 fully saturated rings. The average Bonchev–Trinajstić information content (AvgIpc) is 2.47. The van der Waals surface area contributed by atoms with E-state index in [2.05, 4.69) is 40.2 Å². The number of rotatable bonds is 2. The molecule has 3 rings (SSSR count). The van der Waals surface area contributed by atoms with Gasteiger partial charge >= 0.3 is 0 Å². The number of hydrogen-bond donors (Lipinski definition) is 1. The molecule has 1 heterocycles. The average molecular weight is 263 g/mol. The summed E-state index contributed by atoms with van der Waals surface area (Å²) in [5.41, 5.74) is 10.4. The van der Waals surface area contributed by atoms with Gasteiger partial charge in [0.15, 0.2) is 0 Å². The summed E-state index contributed by atoms with van der Waals surface area (Å²) in [6, 6.07) is 14.6. The molecule has 0 aliphatic heterocycles. The number of pyridine rings is 1. The van der Waals surface area contributed by atoms with Crippen molar-refractivity contribution in [2.45, 2.75) is 0 Å². The minimum Gasteiger partial charge on any atom is -0.398 e. The van der Waals surface area contributed by atoms with Crippen molar-refractivity contribution in [2.24, 2.45) is 0 Å². The molecule has 3 aromatic rings. The van der Waals surface area contributed by atoms with Crippen LogP contribution >= 0.6 is 0 Å². The van der Waals surface area contributed by atoms with Gasteiger partial charge in [-0.15, -0.1) is 0 Å². The van der Waals surface area contributed by atoms with Crippen LogP contribution in [-0.2, 0) is 0 Å². The van der Waals surface area contributed by atoms with Crippen LogP contribution in [0, 0.1) is 0 Å². The van der Waals surface area contributed by atoms with Gasteiger partial charge in [0.2, 0.25) is 0 Å². The van der Waals surface area contributed by atoms with Crippen LogP contribution in [0.5, 0.6) is 0 Å². The zero-order valence-corrected chi connectivity index (χ0v) is 11.7. The summed E-state index contributed by atoms with van der Waals surface area (Å²) >= 11 is 0. The van der Waals surface area contributed by atoms with E-state index in [4.69, 9.17) is 5.73 Å². The number of hydrogen-bond acceptors (Lipinski definition) is 3. The Labute approximate surface area is 118 Å². The Morgan fingerprint density at radius 3 is 2.40 bits per heavy atom. The second-order valence-corrected chi connectivity index (χ2v) is 5.10. The maximum Gasteiger partial charge on any atom is 0.0401 e. The Bertz CT molecular complexity index is 746. The SMILES string of the molecule is CN(C)c1ccc(-c2cc(N)c3ccncc3c2)cc1. The summed E-state index contributed by atoms with van der Waals surface area (Å²) in [5, 5.41) is 2.12. The molecule has 1 aromatic heterocycles. The summed E-state index contributed by atoms with van der Waals surface area (Å²) in [7, 11) is 4.07. The number of benzene rings is 2. The van der Waals surface area contributed by atoms with Crippen LogP contribution in [-0.4, -0.2) is 19.1 Å². The molecule has 0 radical (unpaired) electrons. The van der Waals surface area contributed by atoms with Gasteiger partial charge in [0.1, 0.15) is 0 Å². The van der Waals surface area contributed by atoms with E-state index in [1.54, 1.807) is 6.20 Å². The van der Waals surface area contributed by atoms with E-state index in [9.17, 15) is 0 Å². The third-order valence-corrected chi connectivity index (χ3v) is 3.50. The molecule has 100 valence electrons. The lowest BCUT2D eigenvalue weighted by molar-refractivity contribution is 1.13. The highest BCUT2D eigenvalue weighted by Gasteiger charge is 2.04. The number of aromatic nitrogens is 1. The predicted molar refractivity (Wildman–Crippen MR) is 85.9 cm³/mol. The van der Waals surface area contributed by atoms with Crippen molar-refractivity contribution in [3.63, 3.8) is 0 Å². The highest BCUT2D eigenvalue weighted by atomic mass is 15.1. The van der Waals surface area contributed by atoms with Crippen LogP contribution in [0.2, 0.25) is 0 Å². The topological polar surface area (TPSA) is 42.1 Å². The van der Waals surface area contributed by atoms with Crippen molar-refractivity contribution in [2.75, 3.05) is 24.7 Å². The highest BCUT2D eigenvalue weighted by Crippen LogP contribution is 2.29. The van der Waals surface area contributed by atoms with Crippen molar-refractivity contribution < 1.29 is 0 Å². The first-order valence-electron chi connectivity index (χ1n) is 6.56. The fourth-order valence-electron chi connectivity index (χ4n) is 2.36. The standard InChI is InChI=1S/C17H17N3/c1-20(2)15-5-3-12(4-6-15)13-9-14-11-19-8-7-16(14)17(18)10-13/h3-11H,18H2,1-2H3. The third-order valence-electron chi connectivity index (χ3n) is 3.50. The van der Waals surface area contributed by atoms with Crippen molar-refractivity contribution in [3.8, 4) is 11.1 Å². The van der Waals surface area contributed by atoms with Crippen LogP contribution < -0.4 is 10.6 Å². The minimum atomic E-state index is 0.789. The number of nitrogens with zero attached hydrogens (tertiary/aromatic N) is 2. The van der Waals surface area contributed by atoms with Crippen molar-refractivity contribution >= 4 is 22.1 Å². The summed E-state index contributed by atoms with van der Waals surface area (Å²) in [6.45, 7) is 0. The lowest BCUT2D eigenvalue weighted by Gasteiger charge is -2.13. The Kier molecular flexibility index (Phi) is 3.03. The molecule has 0 unspecified atom stereocenters. The van der Waals surface area contributed by atoms with Crippen LogP contribution in [0.3, 0.4) is 0 Å². The van der Waals surface area contributed by atoms with Crippen LogP contribution in [0.25, 0.3) is 21.9 Å². The first kappa shape index (κ1) is 12.5. The van der Waals surface area contributed by atoms with Gasteiger partial charge in [0.05, 0.1) is 0 Å². The largest absolute Gasteiger partial charge is 0.398 e. The molecule has 0 saturated heterocycles. The van der Waals surface area contributed by atoms with E-state index in [1.165, 1.54) is 5.69 Å². The molecule has 0 spiro atoms. The van der Waals surface area contributed by atoms with E-state index >= 15 is 0 Å². The van der Waals surface area contributed by atoms with E-state index in [0.717, 1.165) is 27.6 Å². The van der Waals surface area contributed by atoms with Gasteiger partial charge in [-0.3, -0.25) is 4.98 Å². The van der Waals surface area contributed by atoms with Gasteiger partial charge in [-0.25, -0.2) is 0 Å². The molecular formula is C17H17N3. The summed E-state index contributed by atoms with van der Waals surface area (Å²) in [5.74, 6) is 0. The number of nitrogen functional groups attached to an aromatic ring is 1. The van der Waals surface area contributed by atoms with E-state index < -0.39 is 0 Å². The fraction of sp³-hybridized carbons (Fsp3) is 0.118. The predicted octanol–water partition coefficient (Wildman–Crippen LogP) is 3.55. The van der Waals surface area contributed by atoms with Gasteiger partial charge in [-0.05, 0) is 41.5 Å². The maximum absolute atomic E-state index is 6.14. The lowest BCUT2D eigenvalue weighted by Crippen LogP contribution is -2.07. The van der Waals surface area contributed by atoms with Gasteiger partial charge in [-0.2, -0.15) is 0 Å². The first-order chi connectivity index (χ1) is 9.65. The van der Waals surface area contributed by atoms with E-state index in [-0.39, 0.29) is 0 Å². The first-order valence-corrected chi connectivity index (χ1v) is 6.56. The number of anilines is 2. The molecule has 0 aliphatic rings. The molecule has 3 nitrogen and oxygen atoms in total. The van der Waals surface area contributed by atoms with Crippen LogP contribution in [0.4, 0.5) is 11.4 Å².